The van der Waals surface area contributed by atoms with Crippen molar-refractivity contribution in [1.82, 2.24) is 15.0 Å². The summed E-state index contributed by atoms with van der Waals surface area (Å²) in [5, 5.41) is 0. The van der Waals surface area contributed by atoms with Gasteiger partial charge in [-0.15, -0.1) is 0 Å². The highest BCUT2D eigenvalue weighted by Gasteiger charge is 2.42. The highest BCUT2D eigenvalue weighted by Crippen LogP contribution is 2.46. The molecule has 4 rings (SSSR count). The molecule has 0 bridgehead atoms. The molecule has 1 fully saturated rings. The van der Waals surface area contributed by atoms with Gasteiger partial charge in [0.1, 0.15) is 5.82 Å². The molecule has 1 aliphatic carbocycles. The minimum atomic E-state index is 0.188. The molecule has 0 unspecified atom stereocenters. The van der Waals surface area contributed by atoms with E-state index < -0.39 is 0 Å². The second-order valence-corrected chi connectivity index (χ2v) is 6.85. The number of aromatic nitrogens is 3. The third-order valence-corrected chi connectivity index (χ3v) is 4.55. The molecule has 4 nitrogen and oxygen atoms in total. The summed E-state index contributed by atoms with van der Waals surface area (Å²) < 4.78 is 0. The van der Waals surface area contributed by atoms with E-state index >= 15 is 0 Å². The number of nitrogens with zero attached hydrogens (tertiary/aromatic N) is 4. The lowest BCUT2D eigenvalue weighted by molar-refractivity contribution is 0.548. The Balaban J connectivity index is 1.79. The molecule has 2 aromatic rings. The Morgan fingerprint density at radius 2 is 1.81 bits per heavy atom. The monoisotopic (exact) mass is 280 g/mol. The summed E-state index contributed by atoms with van der Waals surface area (Å²) in [5.41, 5.74) is 4.87. The average molecular weight is 280 g/mol. The number of hydrogen-bond donors (Lipinski definition) is 0. The molecule has 0 N–H and O–H groups in total. The van der Waals surface area contributed by atoms with Gasteiger partial charge in [0.2, 0.25) is 0 Å². The Morgan fingerprint density at radius 1 is 1.10 bits per heavy atom. The van der Waals surface area contributed by atoms with Crippen molar-refractivity contribution in [3.05, 3.63) is 36.0 Å². The van der Waals surface area contributed by atoms with Crippen molar-refractivity contribution in [2.75, 3.05) is 11.4 Å². The Morgan fingerprint density at radius 3 is 2.48 bits per heavy atom. The lowest BCUT2D eigenvalue weighted by atomic mass is 9.88. The highest BCUT2D eigenvalue weighted by atomic mass is 15.2. The minimum Gasteiger partial charge on any atom is -0.367 e. The van der Waals surface area contributed by atoms with Crippen LogP contribution in [0, 0.1) is 6.92 Å². The number of rotatable bonds is 2. The molecule has 1 saturated carbocycles. The van der Waals surface area contributed by atoms with E-state index in [1.54, 1.807) is 0 Å². The molecule has 1 aliphatic heterocycles. The first kappa shape index (κ1) is 12.7. The first-order valence-electron chi connectivity index (χ1n) is 7.61. The van der Waals surface area contributed by atoms with Gasteiger partial charge in [-0.3, -0.25) is 4.98 Å². The van der Waals surface area contributed by atoms with E-state index in [-0.39, 0.29) is 5.41 Å². The maximum absolute atomic E-state index is 4.65. The molecule has 21 heavy (non-hydrogen) atoms. The molecular weight excluding hydrogens is 260 g/mol. The predicted molar refractivity (Wildman–Crippen MR) is 83.4 cm³/mol. The third kappa shape index (κ3) is 2.09. The summed E-state index contributed by atoms with van der Waals surface area (Å²) in [6.07, 6.45) is 8.41. The van der Waals surface area contributed by atoms with Crippen LogP contribution in [0.3, 0.4) is 0 Å². The van der Waals surface area contributed by atoms with Gasteiger partial charge in [-0.2, -0.15) is 0 Å². The van der Waals surface area contributed by atoms with Crippen LogP contribution in [-0.4, -0.2) is 27.5 Å². The predicted octanol–water partition coefficient (Wildman–Crippen LogP) is 3.11. The van der Waals surface area contributed by atoms with Crippen molar-refractivity contribution in [1.29, 1.82) is 0 Å². The molecular formula is C17H20N4. The molecule has 0 atom stereocenters. The van der Waals surface area contributed by atoms with E-state index in [2.05, 4.69) is 39.8 Å². The topological polar surface area (TPSA) is 41.9 Å². The van der Waals surface area contributed by atoms with Crippen LogP contribution in [-0.2, 0) is 5.41 Å². The average Bonchev–Trinajstić information content (AvgIpc) is 3.26. The van der Waals surface area contributed by atoms with Gasteiger partial charge in [0, 0.05) is 53.4 Å². The van der Waals surface area contributed by atoms with E-state index in [1.807, 2.05) is 25.5 Å². The quantitative estimate of drug-likeness (QED) is 0.847. The van der Waals surface area contributed by atoms with Crippen LogP contribution in [0.2, 0.25) is 0 Å². The van der Waals surface area contributed by atoms with E-state index in [4.69, 9.17) is 0 Å². The summed E-state index contributed by atoms with van der Waals surface area (Å²) >= 11 is 0. The molecule has 4 heteroatoms. The molecule has 108 valence electrons. The van der Waals surface area contributed by atoms with Crippen molar-refractivity contribution in [3.8, 4) is 11.3 Å². The Hall–Kier alpha value is -1.97. The normalized spacial score (nSPS) is 19.7. The fraction of sp³-hybridized carbons (Fsp3) is 0.471. The van der Waals surface area contributed by atoms with Crippen LogP contribution >= 0.6 is 0 Å². The van der Waals surface area contributed by atoms with Crippen molar-refractivity contribution in [2.24, 2.45) is 0 Å². The van der Waals surface area contributed by atoms with Crippen LogP contribution in [0.5, 0.6) is 0 Å². The van der Waals surface area contributed by atoms with E-state index in [0.29, 0.717) is 0 Å². The largest absolute Gasteiger partial charge is 0.367 e. The van der Waals surface area contributed by atoms with Crippen molar-refractivity contribution >= 4 is 5.69 Å². The fourth-order valence-corrected chi connectivity index (χ4v) is 3.19. The number of anilines is 1. The molecule has 3 heterocycles. The number of pyridine rings is 1. The maximum atomic E-state index is 4.65. The zero-order valence-electron chi connectivity index (χ0n) is 12.8. The van der Waals surface area contributed by atoms with Gasteiger partial charge in [0.15, 0.2) is 0 Å². The number of fused-ring (bicyclic) bond motifs is 1. The smallest absolute Gasteiger partial charge is 0.125 e. The van der Waals surface area contributed by atoms with Gasteiger partial charge in [-0.05, 0) is 25.8 Å². The number of hydrogen-bond acceptors (Lipinski definition) is 4. The Kier molecular flexibility index (Phi) is 2.59. The van der Waals surface area contributed by atoms with E-state index in [1.165, 1.54) is 24.1 Å². The summed E-state index contributed by atoms with van der Waals surface area (Å²) in [5.74, 6) is 0.792. The van der Waals surface area contributed by atoms with Crippen LogP contribution in [0.15, 0.2) is 24.7 Å². The molecule has 0 radical (unpaired) electrons. The van der Waals surface area contributed by atoms with E-state index in [0.717, 1.165) is 29.7 Å². The molecule has 0 saturated heterocycles. The molecule has 0 spiro atoms. The standard InChI is InChI=1S/C17H20N4/c1-11-18-7-12(8-19-11)15-6-16-14(9-20-15)17(2,3)10-21(16)13-4-5-13/h6-9,13H,4-5,10H2,1-3H3. The van der Waals surface area contributed by atoms with E-state index in [9.17, 15) is 0 Å². The lowest BCUT2D eigenvalue weighted by Gasteiger charge is -2.21. The second-order valence-electron chi connectivity index (χ2n) is 6.85. The Labute approximate surface area is 125 Å². The summed E-state index contributed by atoms with van der Waals surface area (Å²) in [7, 11) is 0. The minimum absolute atomic E-state index is 0.188. The third-order valence-electron chi connectivity index (χ3n) is 4.55. The lowest BCUT2D eigenvalue weighted by Crippen LogP contribution is -2.30. The molecule has 0 aromatic carbocycles. The van der Waals surface area contributed by atoms with Crippen LogP contribution < -0.4 is 4.90 Å². The summed E-state index contributed by atoms with van der Waals surface area (Å²) in [6, 6.07) is 2.95. The SMILES string of the molecule is Cc1ncc(-c2cc3c(cn2)C(C)(C)CN3C2CC2)cn1. The maximum Gasteiger partial charge on any atom is 0.125 e. The summed E-state index contributed by atoms with van der Waals surface area (Å²) in [6.45, 7) is 7.62. The first-order valence-corrected chi connectivity index (χ1v) is 7.61. The fourth-order valence-electron chi connectivity index (χ4n) is 3.19. The number of aryl methyl sites for hydroxylation is 1. The van der Waals surface area contributed by atoms with Crippen molar-refractivity contribution in [3.63, 3.8) is 0 Å². The van der Waals surface area contributed by atoms with Gasteiger partial charge in [0.25, 0.3) is 0 Å². The molecule has 2 aliphatic rings. The van der Waals surface area contributed by atoms with Crippen LogP contribution in [0.1, 0.15) is 38.1 Å². The van der Waals surface area contributed by atoms with Gasteiger partial charge >= 0.3 is 0 Å². The zero-order valence-corrected chi connectivity index (χ0v) is 12.8. The van der Waals surface area contributed by atoms with Gasteiger partial charge in [-0.25, -0.2) is 9.97 Å². The second kappa shape index (κ2) is 4.26. The zero-order chi connectivity index (χ0) is 14.6. The molecule has 2 aromatic heterocycles. The van der Waals surface area contributed by atoms with Crippen LogP contribution in [0.4, 0.5) is 5.69 Å². The molecule has 0 amide bonds. The first-order chi connectivity index (χ1) is 10.0. The Bertz CT molecular complexity index is 686. The van der Waals surface area contributed by atoms with Crippen LogP contribution in [0.25, 0.3) is 11.3 Å². The summed E-state index contributed by atoms with van der Waals surface area (Å²) in [4.78, 5) is 15.8. The highest BCUT2D eigenvalue weighted by molar-refractivity contribution is 5.70. The van der Waals surface area contributed by atoms with Gasteiger partial charge in [-0.1, -0.05) is 13.8 Å². The van der Waals surface area contributed by atoms with Gasteiger partial charge < -0.3 is 4.90 Å². The van der Waals surface area contributed by atoms with Gasteiger partial charge in [0.05, 0.1) is 5.69 Å². The van der Waals surface area contributed by atoms with Crippen molar-refractivity contribution < 1.29 is 0 Å². The van der Waals surface area contributed by atoms with Crippen molar-refractivity contribution in [2.45, 2.75) is 45.1 Å².